The molecule has 1 radical (unpaired) electrons. The molecule has 2 nitrogen and oxygen atoms in total. The number of hydrogen-bond donors (Lipinski definition) is 1. The molecule has 0 aliphatic carbocycles. The maximum absolute atomic E-state index is 9.35. The van der Waals surface area contributed by atoms with Crippen molar-refractivity contribution >= 4 is 7.28 Å². The van der Waals surface area contributed by atoms with Crippen LogP contribution in [0.4, 0.5) is 0 Å². The Hall–Kier alpha value is -0.0151. The Morgan fingerprint density at radius 1 is 1.70 bits per heavy atom. The van der Waals surface area contributed by atoms with Crippen LogP contribution in [0.1, 0.15) is 19.8 Å². The molecule has 0 amide bonds. The third kappa shape index (κ3) is 1.52. The van der Waals surface area contributed by atoms with Gasteiger partial charge in [-0.05, 0) is 12.8 Å². The fourth-order valence-corrected chi connectivity index (χ4v) is 1.34. The fourth-order valence-electron chi connectivity index (χ4n) is 1.34. The first-order valence-corrected chi connectivity index (χ1v) is 3.91. The van der Waals surface area contributed by atoms with Gasteiger partial charge in [-0.2, -0.15) is 0 Å². The van der Waals surface area contributed by atoms with Gasteiger partial charge in [-0.25, -0.2) is 0 Å². The van der Waals surface area contributed by atoms with Crippen molar-refractivity contribution in [2.45, 2.75) is 44.8 Å². The van der Waals surface area contributed by atoms with Gasteiger partial charge in [0, 0.05) is 6.00 Å². The molecule has 1 aliphatic heterocycles. The molecule has 3 atom stereocenters. The van der Waals surface area contributed by atoms with Crippen LogP contribution in [0.25, 0.3) is 0 Å². The third-order valence-electron chi connectivity index (χ3n) is 2.03. The number of hydrogen-bond acceptors (Lipinski definition) is 2. The second kappa shape index (κ2) is 3.40. The lowest BCUT2D eigenvalue weighted by molar-refractivity contribution is 0.0298. The van der Waals surface area contributed by atoms with Gasteiger partial charge in [-0.3, -0.25) is 0 Å². The quantitative estimate of drug-likeness (QED) is 0.571. The molecule has 1 heterocycles. The van der Waals surface area contributed by atoms with Crippen molar-refractivity contribution in [3.63, 3.8) is 0 Å². The molecule has 1 unspecified atom stereocenters. The van der Waals surface area contributed by atoms with Gasteiger partial charge in [0.2, 0.25) is 0 Å². The van der Waals surface area contributed by atoms with Crippen LogP contribution in [0.2, 0.25) is 6.82 Å². The molecule has 10 heavy (non-hydrogen) atoms. The van der Waals surface area contributed by atoms with Gasteiger partial charge < -0.3 is 9.84 Å². The largest absolute Gasteiger partial charge is 0.390 e. The van der Waals surface area contributed by atoms with Crippen LogP contribution >= 0.6 is 0 Å². The Labute approximate surface area is 62.8 Å². The van der Waals surface area contributed by atoms with E-state index in [-0.39, 0.29) is 18.2 Å². The molecule has 1 rings (SSSR count). The molecule has 0 spiro atoms. The molecule has 0 saturated carbocycles. The molecule has 1 aliphatic rings. The van der Waals surface area contributed by atoms with Crippen molar-refractivity contribution in [1.82, 2.24) is 0 Å². The summed E-state index contributed by atoms with van der Waals surface area (Å²) in [6, 6.07) is 0.181. The standard InChI is InChI=1S/C7H14BO2/c1-3-6-5(9)4-7(8-2)10-6/h5-7,9H,3-4H2,1-2H3/t5?,6-,7-/m1/s1. The Morgan fingerprint density at radius 3 is 2.70 bits per heavy atom. The maximum atomic E-state index is 9.35. The summed E-state index contributed by atoms with van der Waals surface area (Å²) in [6.07, 6.45) is 1.51. The summed E-state index contributed by atoms with van der Waals surface area (Å²) < 4.78 is 5.47. The Morgan fingerprint density at radius 2 is 2.40 bits per heavy atom. The Kier molecular flexibility index (Phi) is 2.75. The van der Waals surface area contributed by atoms with Crippen LogP contribution < -0.4 is 0 Å². The molecular formula is C7H14BO2. The molecule has 0 aromatic rings. The first kappa shape index (κ1) is 8.09. The first-order valence-electron chi connectivity index (χ1n) is 3.91. The van der Waals surface area contributed by atoms with Crippen LogP contribution in [0, 0.1) is 0 Å². The minimum absolute atomic E-state index is 0.0706. The van der Waals surface area contributed by atoms with Crippen LogP contribution in [-0.4, -0.2) is 30.6 Å². The average molecular weight is 141 g/mol. The van der Waals surface area contributed by atoms with Gasteiger partial charge in [0.1, 0.15) is 7.28 Å². The minimum Gasteiger partial charge on any atom is -0.390 e. The summed E-state index contributed by atoms with van der Waals surface area (Å²) in [5.74, 6) is 0. The summed E-state index contributed by atoms with van der Waals surface area (Å²) in [6.45, 7) is 4.00. The van der Waals surface area contributed by atoms with Crippen LogP contribution in [0.15, 0.2) is 0 Å². The average Bonchev–Trinajstić information content (AvgIpc) is 2.30. The van der Waals surface area contributed by atoms with Gasteiger partial charge in [0.15, 0.2) is 0 Å². The highest BCUT2D eigenvalue weighted by Crippen LogP contribution is 2.21. The van der Waals surface area contributed by atoms with E-state index in [0.717, 1.165) is 12.8 Å². The van der Waals surface area contributed by atoms with Gasteiger partial charge >= 0.3 is 0 Å². The molecule has 1 N–H and O–H groups in total. The molecule has 0 aromatic carbocycles. The minimum atomic E-state index is -0.244. The maximum Gasteiger partial charge on any atom is 0.146 e. The zero-order valence-electron chi connectivity index (χ0n) is 6.58. The zero-order valence-corrected chi connectivity index (χ0v) is 6.58. The van der Waals surface area contributed by atoms with Gasteiger partial charge in [0.05, 0.1) is 12.2 Å². The normalized spacial score (nSPS) is 40.1. The van der Waals surface area contributed by atoms with Crippen molar-refractivity contribution < 1.29 is 9.84 Å². The predicted octanol–water partition coefficient (Wildman–Crippen LogP) is 0.625. The second-order valence-electron chi connectivity index (χ2n) is 2.76. The lowest BCUT2D eigenvalue weighted by Crippen LogP contribution is -2.19. The summed E-state index contributed by atoms with van der Waals surface area (Å²) in [5, 5.41) is 9.35. The highest BCUT2D eigenvalue weighted by atomic mass is 16.5. The Balaban J connectivity index is 2.36. The predicted molar refractivity (Wildman–Crippen MR) is 41.2 cm³/mol. The molecule has 1 fully saturated rings. The number of aliphatic hydroxyl groups is 1. The Bertz CT molecular complexity index is 108. The number of ether oxygens (including phenoxy) is 1. The fraction of sp³-hybridized carbons (Fsp3) is 1.00. The van der Waals surface area contributed by atoms with Crippen molar-refractivity contribution in [3.05, 3.63) is 0 Å². The van der Waals surface area contributed by atoms with E-state index in [1.807, 2.05) is 21.0 Å². The summed E-state index contributed by atoms with van der Waals surface area (Å²) in [5.41, 5.74) is 0. The first-order chi connectivity index (χ1) is 4.77. The van der Waals surface area contributed by atoms with Crippen LogP contribution in [0.3, 0.4) is 0 Å². The molecule has 57 valence electrons. The van der Waals surface area contributed by atoms with Crippen molar-refractivity contribution in [2.24, 2.45) is 0 Å². The van der Waals surface area contributed by atoms with Gasteiger partial charge in [-0.1, -0.05) is 13.7 Å². The summed E-state index contributed by atoms with van der Waals surface area (Å²) in [7, 11) is 2.00. The number of rotatable bonds is 2. The molecular weight excluding hydrogens is 127 g/mol. The second-order valence-corrected chi connectivity index (χ2v) is 2.76. The van der Waals surface area contributed by atoms with Crippen LogP contribution in [-0.2, 0) is 4.74 Å². The van der Waals surface area contributed by atoms with E-state index in [9.17, 15) is 5.11 Å². The number of aliphatic hydroxyl groups excluding tert-OH is 1. The lowest BCUT2D eigenvalue weighted by Gasteiger charge is -2.10. The van der Waals surface area contributed by atoms with Crippen molar-refractivity contribution in [1.29, 1.82) is 0 Å². The molecule has 1 saturated heterocycles. The summed E-state index contributed by atoms with van der Waals surface area (Å²) in [4.78, 5) is 0. The topological polar surface area (TPSA) is 29.5 Å². The van der Waals surface area contributed by atoms with Gasteiger partial charge in [0.25, 0.3) is 0 Å². The SMILES string of the molecule is C[B][C@H]1CC(O)[C@@H](CC)O1. The van der Waals surface area contributed by atoms with Crippen LogP contribution in [0.5, 0.6) is 0 Å². The zero-order chi connectivity index (χ0) is 7.56. The van der Waals surface area contributed by atoms with E-state index >= 15 is 0 Å². The molecule has 0 aromatic heterocycles. The third-order valence-corrected chi connectivity index (χ3v) is 2.03. The lowest BCUT2D eigenvalue weighted by atomic mass is 9.73. The van der Waals surface area contributed by atoms with E-state index in [1.165, 1.54) is 0 Å². The molecule has 3 heteroatoms. The van der Waals surface area contributed by atoms with Crippen molar-refractivity contribution in [2.75, 3.05) is 0 Å². The highest BCUT2D eigenvalue weighted by Gasteiger charge is 2.30. The highest BCUT2D eigenvalue weighted by molar-refractivity contribution is 6.35. The smallest absolute Gasteiger partial charge is 0.146 e. The monoisotopic (exact) mass is 141 g/mol. The van der Waals surface area contributed by atoms with E-state index < -0.39 is 0 Å². The van der Waals surface area contributed by atoms with E-state index in [0.29, 0.717) is 0 Å². The summed E-state index contributed by atoms with van der Waals surface area (Å²) >= 11 is 0. The van der Waals surface area contributed by atoms with Crippen molar-refractivity contribution in [3.8, 4) is 0 Å². The van der Waals surface area contributed by atoms with E-state index in [2.05, 4.69) is 0 Å². The van der Waals surface area contributed by atoms with Gasteiger partial charge in [-0.15, -0.1) is 0 Å². The molecule has 0 bridgehead atoms. The van der Waals surface area contributed by atoms with E-state index in [1.54, 1.807) is 0 Å². The van der Waals surface area contributed by atoms with E-state index in [4.69, 9.17) is 4.74 Å².